The molecule has 1 saturated carbocycles. The lowest BCUT2D eigenvalue weighted by Crippen LogP contribution is -2.63. The highest BCUT2D eigenvalue weighted by Gasteiger charge is 2.70. The lowest BCUT2D eigenvalue weighted by molar-refractivity contribution is -0.306. The van der Waals surface area contributed by atoms with Gasteiger partial charge in [-0.1, -0.05) is 39.8 Å². The minimum absolute atomic E-state index is 0.0868. The molecule has 8 atom stereocenters. The van der Waals surface area contributed by atoms with E-state index in [9.17, 15) is 9.90 Å². The topological polar surface area (TPSA) is 77.5 Å². The van der Waals surface area contributed by atoms with Gasteiger partial charge in [0.25, 0.3) is 0 Å². The molecule has 0 aromatic heterocycles. The van der Waals surface area contributed by atoms with E-state index in [1.165, 1.54) is 0 Å². The van der Waals surface area contributed by atoms with Gasteiger partial charge < -0.3 is 24.1 Å². The molecule has 0 aromatic carbocycles. The van der Waals surface area contributed by atoms with Crippen molar-refractivity contribution in [1.82, 2.24) is 4.90 Å². The van der Waals surface area contributed by atoms with Crippen LogP contribution in [-0.2, 0) is 23.7 Å². The molecule has 1 N–H and O–H groups in total. The summed E-state index contributed by atoms with van der Waals surface area (Å²) in [6.45, 7) is 19.7. The first-order chi connectivity index (χ1) is 19.2. The summed E-state index contributed by atoms with van der Waals surface area (Å²) in [5.74, 6) is 1.05. The summed E-state index contributed by atoms with van der Waals surface area (Å²) in [4.78, 5) is 16.1. The summed E-state index contributed by atoms with van der Waals surface area (Å²) in [5.41, 5.74) is 0.818. The van der Waals surface area contributed by atoms with Crippen LogP contribution >= 0.6 is 0 Å². The molecule has 5 rings (SSSR count). The zero-order chi connectivity index (χ0) is 30.0. The molecule has 3 fully saturated rings. The minimum atomic E-state index is -1.10. The smallest absolute Gasteiger partial charge is 0.216 e. The number of aliphatic hydroxyl groups excluding tert-OH is 1. The number of allylic oxidation sites excluding steroid dienone is 2. The average Bonchev–Trinajstić information content (AvgIpc) is 3.30. The molecule has 7 nitrogen and oxygen atoms in total. The van der Waals surface area contributed by atoms with E-state index in [-0.39, 0.29) is 23.2 Å². The van der Waals surface area contributed by atoms with Gasteiger partial charge in [0.15, 0.2) is 5.79 Å². The number of ketones is 1. The van der Waals surface area contributed by atoms with Crippen molar-refractivity contribution < 1.29 is 28.8 Å². The van der Waals surface area contributed by atoms with Gasteiger partial charge in [0, 0.05) is 25.2 Å². The van der Waals surface area contributed by atoms with Crippen LogP contribution in [0.3, 0.4) is 0 Å². The average molecular weight is 574 g/mol. The molecule has 41 heavy (non-hydrogen) atoms. The van der Waals surface area contributed by atoms with Crippen molar-refractivity contribution in [3.8, 4) is 0 Å². The molecule has 0 radical (unpaired) electrons. The number of fused-ring (bicyclic) bond motifs is 4. The maximum atomic E-state index is 14.2. The van der Waals surface area contributed by atoms with E-state index in [1.807, 2.05) is 25.8 Å². The molecule has 2 aliphatic heterocycles. The van der Waals surface area contributed by atoms with Crippen molar-refractivity contribution in [2.45, 2.75) is 112 Å². The Bertz CT molecular complexity index is 1060. The van der Waals surface area contributed by atoms with E-state index in [0.717, 1.165) is 56.6 Å². The summed E-state index contributed by atoms with van der Waals surface area (Å²) in [6.07, 6.45) is 7.21. The van der Waals surface area contributed by atoms with Gasteiger partial charge in [0.2, 0.25) is 6.41 Å². The van der Waals surface area contributed by atoms with Crippen molar-refractivity contribution >= 4 is 5.78 Å². The van der Waals surface area contributed by atoms with Crippen LogP contribution in [0.15, 0.2) is 23.3 Å². The molecule has 8 unspecified atom stereocenters. The number of Topliss-reactive ketones (excluding diaryl/α,β-unsaturated/α-hetero) is 1. The van der Waals surface area contributed by atoms with Crippen molar-refractivity contribution in [3.05, 3.63) is 23.3 Å². The van der Waals surface area contributed by atoms with Gasteiger partial charge in [-0.15, -0.1) is 0 Å². The van der Waals surface area contributed by atoms with Gasteiger partial charge in [0.05, 0.1) is 24.2 Å². The number of ether oxygens (including phenoxy) is 4. The second-order valence-electron chi connectivity index (χ2n) is 14.9. The number of nitrogens with zero attached hydrogens (tertiary/aromatic N) is 1. The Morgan fingerprint density at radius 1 is 1.20 bits per heavy atom. The van der Waals surface area contributed by atoms with E-state index >= 15 is 0 Å². The van der Waals surface area contributed by atoms with Crippen LogP contribution in [0.2, 0.25) is 0 Å². The lowest BCUT2D eigenvalue weighted by Gasteiger charge is -2.57. The second-order valence-corrected chi connectivity index (χ2v) is 14.9. The SMILES string of the molecule is CCC12C(OC(O)N(C)CC3CCOCC3)C(C)=CC1(C(C)=O)C(C)CC1C(CC=C3COC(C)(C)OC32)C1(C)C. The summed E-state index contributed by atoms with van der Waals surface area (Å²) < 4.78 is 25.5. The molecule has 0 amide bonds. The van der Waals surface area contributed by atoms with E-state index in [1.54, 1.807) is 6.92 Å². The standard InChI is InChI=1S/C34H55NO6/c1-10-33-28(40-30(37)35(9)19-24-13-15-38-16-14-24)21(2)18-34(33,23(4)36)22(3)17-27-26(31(27,5)6)12-11-25-20-39-32(7,8)41-29(25)33/h11,18,22,24,26-30,37H,10,12-17,19-20H2,1-9H3. The van der Waals surface area contributed by atoms with E-state index in [4.69, 9.17) is 18.9 Å². The Hall–Kier alpha value is -1.09. The monoisotopic (exact) mass is 573 g/mol. The molecule has 0 spiro atoms. The van der Waals surface area contributed by atoms with Crippen LogP contribution in [-0.4, -0.2) is 73.6 Å². The third-order valence-corrected chi connectivity index (χ3v) is 11.9. The molecule has 5 aliphatic rings. The predicted molar refractivity (Wildman–Crippen MR) is 159 cm³/mol. The minimum Gasteiger partial charge on any atom is -0.381 e. The fourth-order valence-corrected chi connectivity index (χ4v) is 9.44. The molecule has 2 saturated heterocycles. The first-order valence-electron chi connectivity index (χ1n) is 16.0. The summed E-state index contributed by atoms with van der Waals surface area (Å²) in [5, 5.41) is 11.5. The van der Waals surface area contributed by atoms with Crippen LogP contribution in [0, 0.1) is 39.9 Å². The molecule has 3 aliphatic carbocycles. The van der Waals surface area contributed by atoms with E-state index < -0.39 is 29.1 Å². The third-order valence-electron chi connectivity index (χ3n) is 11.9. The van der Waals surface area contributed by atoms with Gasteiger partial charge in [-0.05, 0) is 107 Å². The fraction of sp³-hybridized carbons (Fsp3) is 0.853. The van der Waals surface area contributed by atoms with E-state index in [0.29, 0.717) is 30.8 Å². The van der Waals surface area contributed by atoms with Crippen molar-refractivity contribution in [2.24, 2.45) is 39.9 Å². The number of rotatable bonds is 7. The number of carbonyl (C=O) groups excluding carboxylic acids is 1. The van der Waals surface area contributed by atoms with Crippen LogP contribution in [0.5, 0.6) is 0 Å². The third kappa shape index (κ3) is 5.10. The lowest BCUT2D eigenvalue weighted by atomic mass is 9.51. The highest BCUT2D eigenvalue weighted by Crippen LogP contribution is 2.69. The zero-order valence-electron chi connectivity index (χ0n) is 27.0. The largest absolute Gasteiger partial charge is 0.381 e. The van der Waals surface area contributed by atoms with Crippen LogP contribution < -0.4 is 0 Å². The first kappa shape index (κ1) is 31.3. The Morgan fingerprint density at radius 2 is 1.88 bits per heavy atom. The molecule has 2 heterocycles. The Morgan fingerprint density at radius 3 is 2.51 bits per heavy atom. The summed E-state index contributed by atoms with van der Waals surface area (Å²) in [7, 11) is 1.93. The Labute approximate surface area is 248 Å². The number of aliphatic hydroxyl groups is 1. The summed E-state index contributed by atoms with van der Waals surface area (Å²) >= 11 is 0. The van der Waals surface area contributed by atoms with Crippen LogP contribution in [0.25, 0.3) is 0 Å². The van der Waals surface area contributed by atoms with Crippen molar-refractivity contribution in [2.75, 3.05) is 33.4 Å². The van der Waals surface area contributed by atoms with Gasteiger partial charge in [0.1, 0.15) is 5.78 Å². The summed E-state index contributed by atoms with van der Waals surface area (Å²) in [6, 6.07) is 0. The molecule has 7 heteroatoms. The number of carbonyl (C=O) groups is 1. The maximum absolute atomic E-state index is 14.2. The second kappa shape index (κ2) is 11.1. The van der Waals surface area contributed by atoms with Crippen LogP contribution in [0.4, 0.5) is 0 Å². The molecule has 232 valence electrons. The highest BCUT2D eigenvalue weighted by molar-refractivity contribution is 5.87. The van der Waals surface area contributed by atoms with Crippen molar-refractivity contribution in [1.29, 1.82) is 0 Å². The van der Waals surface area contributed by atoms with Crippen molar-refractivity contribution in [3.63, 3.8) is 0 Å². The fourth-order valence-electron chi connectivity index (χ4n) is 9.44. The zero-order valence-corrected chi connectivity index (χ0v) is 27.0. The first-order valence-corrected chi connectivity index (χ1v) is 16.0. The van der Waals surface area contributed by atoms with Gasteiger partial charge >= 0.3 is 0 Å². The maximum Gasteiger partial charge on any atom is 0.216 e. The molecule has 0 bridgehead atoms. The predicted octanol–water partition coefficient (Wildman–Crippen LogP) is 5.72. The van der Waals surface area contributed by atoms with Crippen LogP contribution in [0.1, 0.15) is 87.5 Å². The molecular formula is C34H55NO6. The number of hydrogen-bond acceptors (Lipinski definition) is 7. The Kier molecular flexibility index (Phi) is 8.50. The van der Waals surface area contributed by atoms with Gasteiger partial charge in [-0.25, -0.2) is 0 Å². The number of hydrogen-bond donors (Lipinski definition) is 1. The highest BCUT2D eigenvalue weighted by atomic mass is 16.7. The quantitative estimate of drug-likeness (QED) is 0.308. The van der Waals surface area contributed by atoms with E-state index in [2.05, 4.69) is 46.8 Å². The molecule has 0 aromatic rings. The van der Waals surface area contributed by atoms with Gasteiger partial charge in [-0.2, -0.15) is 0 Å². The normalized spacial score (nSPS) is 41.0. The molecular weight excluding hydrogens is 518 g/mol. The van der Waals surface area contributed by atoms with Gasteiger partial charge in [-0.3, -0.25) is 9.69 Å². The Balaban J connectivity index is 1.59.